The minimum Gasteiger partial charge on any atom is -0.352 e. The van der Waals surface area contributed by atoms with E-state index in [1.165, 1.54) is 6.26 Å². The van der Waals surface area contributed by atoms with Gasteiger partial charge in [0.15, 0.2) is 15.7 Å². The van der Waals surface area contributed by atoms with Gasteiger partial charge in [-0.05, 0) is 12.1 Å². The molecule has 6 nitrogen and oxygen atoms in total. The Morgan fingerprint density at radius 1 is 1.05 bits per heavy atom. The molecular weight excluding hydrogens is 300 g/mol. The molecule has 0 atom stereocenters. The first-order valence-corrected chi connectivity index (χ1v) is 9.02. The van der Waals surface area contributed by atoms with Crippen LogP contribution in [0.5, 0.6) is 0 Å². The highest BCUT2D eigenvalue weighted by molar-refractivity contribution is 7.90. The van der Waals surface area contributed by atoms with Crippen molar-refractivity contribution < 1.29 is 8.42 Å². The Balaban J connectivity index is 1.98. The van der Waals surface area contributed by atoms with E-state index in [4.69, 9.17) is 0 Å². The Hall–Kier alpha value is -1.99. The zero-order chi connectivity index (χ0) is 15.6. The van der Waals surface area contributed by atoms with E-state index < -0.39 is 9.84 Å². The molecule has 1 aromatic heterocycles. The molecule has 0 unspecified atom stereocenters. The van der Waals surface area contributed by atoms with Crippen LogP contribution >= 0.6 is 0 Å². The van der Waals surface area contributed by atoms with Crippen LogP contribution in [0.15, 0.2) is 41.6 Å². The van der Waals surface area contributed by atoms with Gasteiger partial charge in [-0.1, -0.05) is 12.1 Å². The minimum atomic E-state index is -3.19. The van der Waals surface area contributed by atoms with Crippen molar-refractivity contribution in [2.24, 2.45) is 0 Å². The largest absolute Gasteiger partial charge is 0.352 e. The Morgan fingerprint density at radius 2 is 1.68 bits per heavy atom. The molecule has 1 aromatic carbocycles. The number of hydrogen-bond acceptors (Lipinski definition) is 6. The van der Waals surface area contributed by atoms with Crippen molar-refractivity contribution in [3.05, 3.63) is 36.7 Å². The second-order valence-electron chi connectivity index (χ2n) is 5.26. The summed E-state index contributed by atoms with van der Waals surface area (Å²) in [6, 6.07) is 6.79. The Labute approximate surface area is 130 Å². The van der Waals surface area contributed by atoms with Crippen LogP contribution in [0, 0.1) is 0 Å². The molecule has 2 aromatic rings. The van der Waals surface area contributed by atoms with Crippen LogP contribution in [0.4, 0.5) is 5.82 Å². The molecule has 0 aliphatic carbocycles. The molecule has 2 heterocycles. The number of anilines is 1. The molecule has 1 aliphatic rings. The molecule has 0 bridgehead atoms. The van der Waals surface area contributed by atoms with E-state index in [9.17, 15) is 8.42 Å². The summed E-state index contributed by atoms with van der Waals surface area (Å²) in [5.41, 5.74) is 1.65. The highest BCUT2D eigenvalue weighted by Crippen LogP contribution is 2.27. The molecule has 0 radical (unpaired) electrons. The van der Waals surface area contributed by atoms with Gasteiger partial charge >= 0.3 is 0 Å². The van der Waals surface area contributed by atoms with E-state index in [0.717, 1.165) is 43.3 Å². The first-order chi connectivity index (χ1) is 10.6. The molecule has 116 valence electrons. The number of aromatic nitrogens is 2. The van der Waals surface area contributed by atoms with E-state index in [1.807, 2.05) is 0 Å². The first kappa shape index (κ1) is 14.9. The molecule has 3 rings (SSSR count). The van der Waals surface area contributed by atoms with Gasteiger partial charge in [-0.3, -0.25) is 4.98 Å². The maximum atomic E-state index is 11.6. The topological polar surface area (TPSA) is 75.2 Å². The quantitative estimate of drug-likeness (QED) is 0.908. The number of nitrogens with zero attached hydrogens (tertiary/aromatic N) is 3. The molecule has 0 spiro atoms. The number of hydrogen-bond donors (Lipinski definition) is 1. The fourth-order valence-corrected chi connectivity index (χ4v) is 3.13. The van der Waals surface area contributed by atoms with Crippen LogP contribution < -0.4 is 10.2 Å². The Bertz CT molecular complexity index is 753. The maximum Gasteiger partial charge on any atom is 0.175 e. The van der Waals surface area contributed by atoms with Gasteiger partial charge in [-0.25, -0.2) is 13.4 Å². The summed E-state index contributed by atoms with van der Waals surface area (Å²) in [6.45, 7) is 3.60. The van der Waals surface area contributed by atoms with Gasteiger partial charge < -0.3 is 10.2 Å². The van der Waals surface area contributed by atoms with Crippen molar-refractivity contribution in [3.63, 3.8) is 0 Å². The van der Waals surface area contributed by atoms with Crippen molar-refractivity contribution >= 4 is 15.7 Å². The molecule has 22 heavy (non-hydrogen) atoms. The molecule has 0 amide bonds. The van der Waals surface area contributed by atoms with Gasteiger partial charge in [-0.15, -0.1) is 0 Å². The SMILES string of the molecule is CS(=O)(=O)c1ccc(-c2nccnc2N2CCNCC2)cc1. The molecule has 1 N–H and O–H groups in total. The normalized spacial score (nSPS) is 15.8. The summed E-state index contributed by atoms with van der Waals surface area (Å²) in [7, 11) is -3.19. The highest BCUT2D eigenvalue weighted by Gasteiger charge is 2.17. The average molecular weight is 318 g/mol. The molecular formula is C15H18N4O2S. The Morgan fingerprint density at radius 3 is 2.32 bits per heavy atom. The fraction of sp³-hybridized carbons (Fsp3) is 0.333. The van der Waals surface area contributed by atoms with Crippen molar-refractivity contribution in [1.29, 1.82) is 0 Å². The average Bonchev–Trinajstić information content (AvgIpc) is 2.55. The third kappa shape index (κ3) is 3.10. The number of sulfone groups is 1. The molecule has 1 fully saturated rings. The lowest BCUT2D eigenvalue weighted by Gasteiger charge is -2.29. The second-order valence-corrected chi connectivity index (χ2v) is 7.28. The van der Waals surface area contributed by atoms with Crippen molar-refractivity contribution in [3.8, 4) is 11.3 Å². The van der Waals surface area contributed by atoms with E-state index >= 15 is 0 Å². The van der Waals surface area contributed by atoms with E-state index in [-0.39, 0.29) is 0 Å². The van der Waals surface area contributed by atoms with E-state index in [1.54, 1.807) is 36.7 Å². The van der Waals surface area contributed by atoms with Crippen LogP contribution in [0.3, 0.4) is 0 Å². The van der Waals surface area contributed by atoms with Crippen molar-refractivity contribution in [2.45, 2.75) is 4.90 Å². The van der Waals surface area contributed by atoms with Crippen LogP contribution in [0.2, 0.25) is 0 Å². The number of rotatable bonds is 3. The second kappa shape index (κ2) is 6.02. The summed E-state index contributed by atoms with van der Waals surface area (Å²) in [5.74, 6) is 0.844. The van der Waals surface area contributed by atoms with Crippen LogP contribution in [0.1, 0.15) is 0 Å². The number of nitrogens with one attached hydrogen (secondary N) is 1. The van der Waals surface area contributed by atoms with E-state index in [0.29, 0.717) is 4.90 Å². The monoisotopic (exact) mass is 318 g/mol. The fourth-order valence-electron chi connectivity index (χ4n) is 2.50. The standard InChI is InChI=1S/C15H18N4O2S/c1-22(20,21)13-4-2-12(3-5-13)14-15(18-7-6-17-14)19-10-8-16-9-11-19/h2-7,16H,8-11H2,1H3. The van der Waals surface area contributed by atoms with Gasteiger partial charge in [-0.2, -0.15) is 0 Å². The van der Waals surface area contributed by atoms with Crippen molar-refractivity contribution in [2.75, 3.05) is 37.3 Å². The summed E-state index contributed by atoms with van der Waals surface area (Å²) in [5, 5.41) is 3.31. The van der Waals surface area contributed by atoms with Gasteiger partial charge in [0, 0.05) is 50.4 Å². The van der Waals surface area contributed by atoms with Crippen LogP contribution in [0.25, 0.3) is 11.3 Å². The van der Waals surface area contributed by atoms with Gasteiger partial charge in [0.25, 0.3) is 0 Å². The third-order valence-electron chi connectivity index (χ3n) is 3.65. The zero-order valence-corrected chi connectivity index (χ0v) is 13.2. The number of benzene rings is 1. The summed E-state index contributed by atoms with van der Waals surface area (Å²) in [4.78, 5) is 11.4. The first-order valence-electron chi connectivity index (χ1n) is 7.13. The molecule has 7 heteroatoms. The molecule has 1 aliphatic heterocycles. The van der Waals surface area contributed by atoms with Crippen molar-refractivity contribution in [1.82, 2.24) is 15.3 Å². The van der Waals surface area contributed by atoms with Crippen LogP contribution in [-0.2, 0) is 9.84 Å². The highest BCUT2D eigenvalue weighted by atomic mass is 32.2. The summed E-state index contributed by atoms with van der Waals surface area (Å²) < 4.78 is 23.1. The lowest BCUT2D eigenvalue weighted by molar-refractivity contribution is 0.585. The smallest absolute Gasteiger partial charge is 0.175 e. The van der Waals surface area contributed by atoms with Gasteiger partial charge in [0.2, 0.25) is 0 Å². The molecule has 0 saturated carbocycles. The zero-order valence-electron chi connectivity index (χ0n) is 12.4. The minimum absolute atomic E-state index is 0.309. The van der Waals surface area contributed by atoms with E-state index in [2.05, 4.69) is 20.2 Å². The van der Waals surface area contributed by atoms with Gasteiger partial charge in [0.05, 0.1) is 4.90 Å². The Kier molecular flexibility index (Phi) is 4.08. The maximum absolute atomic E-state index is 11.6. The number of piperazine rings is 1. The van der Waals surface area contributed by atoms with Gasteiger partial charge in [0.1, 0.15) is 5.69 Å². The molecule has 1 saturated heterocycles. The predicted molar refractivity (Wildman–Crippen MR) is 85.7 cm³/mol. The summed E-state index contributed by atoms with van der Waals surface area (Å²) in [6.07, 6.45) is 4.55. The lowest BCUT2D eigenvalue weighted by atomic mass is 10.1. The lowest BCUT2D eigenvalue weighted by Crippen LogP contribution is -2.44. The third-order valence-corrected chi connectivity index (χ3v) is 4.78. The predicted octanol–water partition coefficient (Wildman–Crippen LogP) is 0.957. The van der Waals surface area contributed by atoms with Crippen LogP contribution in [-0.4, -0.2) is 50.8 Å². The summed E-state index contributed by atoms with van der Waals surface area (Å²) >= 11 is 0.